The standard InChI is InChI=1S/C15H14INO5S/c1-21-13-8-7-10(9-14(13)22-2)23(19,20)17-15(18)11-5-3-4-6-12(11)16/h3-9H,1-2H3,(H,17,18). The van der Waals surface area contributed by atoms with E-state index in [0.29, 0.717) is 9.32 Å². The third kappa shape index (κ3) is 3.94. The van der Waals surface area contributed by atoms with Crippen LogP contribution in [0.3, 0.4) is 0 Å². The minimum Gasteiger partial charge on any atom is -0.493 e. The molecule has 8 heteroatoms. The first-order chi connectivity index (χ1) is 10.9. The lowest BCUT2D eigenvalue weighted by molar-refractivity contribution is 0.0980. The van der Waals surface area contributed by atoms with Crippen molar-refractivity contribution in [3.8, 4) is 11.5 Å². The van der Waals surface area contributed by atoms with Crippen LogP contribution in [0.15, 0.2) is 47.4 Å². The highest BCUT2D eigenvalue weighted by molar-refractivity contribution is 14.1. The number of hydrogen-bond donors (Lipinski definition) is 1. The molecular weight excluding hydrogens is 433 g/mol. The average molecular weight is 447 g/mol. The molecule has 2 aromatic carbocycles. The first kappa shape index (κ1) is 17.5. The molecule has 2 rings (SSSR count). The lowest BCUT2D eigenvalue weighted by Gasteiger charge is -2.11. The van der Waals surface area contributed by atoms with Crippen LogP contribution >= 0.6 is 22.6 Å². The van der Waals surface area contributed by atoms with E-state index in [-0.39, 0.29) is 16.2 Å². The number of methoxy groups -OCH3 is 2. The maximum Gasteiger partial charge on any atom is 0.266 e. The summed E-state index contributed by atoms with van der Waals surface area (Å²) in [5, 5.41) is 0. The molecule has 6 nitrogen and oxygen atoms in total. The van der Waals surface area contributed by atoms with Gasteiger partial charge in [-0.1, -0.05) is 12.1 Å². The van der Waals surface area contributed by atoms with Gasteiger partial charge in [-0.25, -0.2) is 13.1 Å². The van der Waals surface area contributed by atoms with Crippen LogP contribution in [0.1, 0.15) is 10.4 Å². The fourth-order valence-electron chi connectivity index (χ4n) is 1.86. The Morgan fingerprint density at radius 3 is 2.30 bits per heavy atom. The topological polar surface area (TPSA) is 81.7 Å². The van der Waals surface area contributed by atoms with Crippen LogP contribution < -0.4 is 14.2 Å². The summed E-state index contributed by atoms with van der Waals surface area (Å²) in [6.45, 7) is 0. The molecule has 0 atom stereocenters. The SMILES string of the molecule is COc1ccc(S(=O)(=O)NC(=O)c2ccccc2I)cc1OC. The van der Waals surface area contributed by atoms with Crippen molar-refractivity contribution in [3.63, 3.8) is 0 Å². The van der Waals surface area contributed by atoms with Crippen LogP contribution in [-0.2, 0) is 10.0 Å². The highest BCUT2D eigenvalue weighted by atomic mass is 127. The molecule has 0 aliphatic carbocycles. The van der Waals surface area contributed by atoms with E-state index in [2.05, 4.69) is 4.72 Å². The van der Waals surface area contributed by atoms with Crippen molar-refractivity contribution in [3.05, 3.63) is 51.6 Å². The highest BCUT2D eigenvalue weighted by Gasteiger charge is 2.21. The fourth-order valence-corrected chi connectivity index (χ4v) is 3.48. The van der Waals surface area contributed by atoms with Gasteiger partial charge in [0.1, 0.15) is 0 Å². The maximum atomic E-state index is 12.4. The van der Waals surface area contributed by atoms with Crippen LogP contribution in [0.2, 0.25) is 0 Å². The third-order valence-corrected chi connectivity index (χ3v) is 5.28. The number of rotatable bonds is 5. The second-order valence-corrected chi connectivity index (χ2v) is 7.28. The zero-order valence-electron chi connectivity index (χ0n) is 12.4. The molecule has 2 aromatic rings. The third-order valence-electron chi connectivity index (χ3n) is 3.01. The molecule has 1 N–H and O–H groups in total. The van der Waals surface area contributed by atoms with E-state index in [9.17, 15) is 13.2 Å². The number of nitrogens with one attached hydrogen (secondary N) is 1. The van der Waals surface area contributed by atoms with Crippen molar-refractivity contribution in [2.24, 2.45) is 0 Å². The minimum atomic E-state index is -4.02. The Morgan fingerprint density at radius 1 is 1.04 bits per heavy atom. The summed E-state index contributed by atoms with van der Waals surface area (Å²) < 4.78 is 37.6. The molecule has 0 aromatic heterocycles. The normalized spacial score (nSPS) is 10.9. The number of carbonyl (C=O) groups is 1. The predicted molar refractivity (Wildman–Crippen MR) is 93.4 cm³/mol. The zero-order valence-corrected chi connectivity index (χ0v) is 15.3. The molecule has 0 saturated heterocycles. The van der Waals surface area contributed by atoms with Crippen molar-refractivity contribution in [1.29, 1.82) is 0 Å². The number of carbonyl (C=O) groups excluding carboxylic acids is 1. The van der Waals surface area contributed by atoms with Gasteiger partial charge in [0.25, 0.3) is 15.9 Å². The number of sulfonamides is 1. The molecule has 0 bridgehead atoms. The molecule has 122 valence electrons. The van der Waals surface area contributed by atoms with E-state index in [1.165, 1.54) is 32.4 Å². The summed E-state index contributed by atoms with van der Waals surface area (Å²) in [4.78, 5) is 12.1. The molecule has 0 heterocycles. The molecule has 0 saturated carbocycles. The first-order valence-corrected chi connectivity index (χ1v) is 8.99. The monoisotopic (exact) mass is 447 g/mol. The molecule has 0 spiro atoms. The quantitative estimate of drug-likeness (QED) is 0.713. The smallest absolute Gasteiger partial charge is 0.266 e. The van der Waals surface area contributed by atoms with E-state index in [4.69, 9.17) is 9.47 Å². The molecule has 0 unspecified atom stereocenters. The number of halogens is 1. The van der Waals surface area contributed by atoms with E-state index in [0.717, 1.165) is 0 Å². The second-order valence-electron chi connectivity index (χ2n) is 4.43. The number of benzene rings is 2. The van der Waals surface area contributed by atoms with Gasteiger partial charge < -0.3 is 9.47 Å². The summed E-state index contributed by atoms with van der Waals surface area (Å²) in [7, 11) is -1.17. The van der Waals surface area contributed by atoms with Crippen molar-refractivity contribution in [2.75, 3.05) is 14.2 Å². The second kappa shape index (κ2) is 7.18. The van der Waals surface area contributed by atoms with Gasteiger partial charge >= 0.3 is 0 Å². The maximum absolute atomic E-state index is 12.4. The van der Waals surface area contributed by atoms with E-state index in [1.54, 1.807) is 24.3 Å². The Bertz CT molecular complexity index is 836. The summed E-state index contributed by atoms with van der Waals surface area (Å²) >= 11 is 1.97. The van der Waals surface area contributed by atoms with Crippen molar-refractivity contribution >= 4 is 38.5 Å². The largest absolute Gasteiger partial charge is 0.493 e. The molecule has 0 aliphatic heterocycles. The number of amides is 1. The molecule has 0 fully saturated rings. The average Bonchev–Trinajstić information content (AvgIpc) is 2.54. The Morgan fingerprint density at radius 2 is 1.70 bits per heavy atom. The van der Waals surface area contributed by atoms with Gasteiger partial charge in [-0.15, -0.1) is 0 Å². The predicted octanol–water partition coefficient (Wildman–Crippen LogP) is 2.43. The van der Waals surface area contributed by atoms with Crippen LogP contribution in [0.4, 0.5) is 0 Å². The van der Waals surface area contributed by atoms with Gasteiger partial charge in [-0.3, -0.25) is 4.79 Å². The van der Waals surface area contributed by atoms with Gasteiger partial charge in [0.05, 0.1) is 24.7 Å². The highest BCUT2D eigenvalue weighted by Crippen LogP contribution is 2.29. The van der Waals surface area contributed by atoms with Gasteiger partial charge in [-0.05, 0) is 46.9 Å². The lowest BCUT2D eigenvalue weighted by atomic mass is 10.2. The Kier molecular flexibility index (Phi) is 5.47. The molecule has 1 amide bonds. The number of hydrogen-bond acceptors (Lipinski definition) is 5. The fraction of sp³-hybridized carbons (Fsp3) is 0.133. The van der Waals surface area contributed by atoms with Crippen LogP contribution in [0.25, 0.3) is 0 Å². The van der Waals surface area contributed by atoms with Gasteiger partial charge in [0.2, 0.25) is 0 Å². The molecule has 0 radical (unpaired) electrons. The van der Waals surface area contributed by atoms with Crippen LogP contribution in [0, 0.1) is 3.57 Å². The number of ether oxygens (including phenoxy) is 2. The minimum absolute atomic E-state index is 0.0885. The van der Waals surface area contributed by atoms with Crippen molar-refractivity contribution in [1.82, 2.24) is 4.72 Å². The van der Waals surface area contributed by atoms with Gasteiger partial charge in [0, 0.05) is 9.64 Å². The first-order valence-electron chi connectivity index (χ1n) is 6.42. The summed E-state index contributed by atoms with van der Waals surface area (Å²) in [6.07, 6.45) is 0. The van der Waals surface area contributed by atoms with Crippen molar-refractivity contribution in [2.45, 2.75) is 4.90 Å². The van der Waals surface area contributed by atoms with Crippen molar-refractivity contribution < 1.29 is 22.7 Å². The zero-order chi connectivity index (χ0) is 17.0. The van der Waals surface area contributed by atoms with E-state index in [1.807, 2.05) is 22.6 Å². The molecule has 0 aliphatic rings. The van der Waals surface area contributed by atoms with E-state index < -0.39 is 15.9 Å². The summed E-state index contributed by atoms with van der Waals surface area (Å²) in [5.74, 6) is -0.0303. The summed E-state index contributed by atoms with van der Waals surface area (Å²) in [5.41, 5.74) is 0.289. The Labute approximate surface area is 148 Å². The Balaban J connectivity index is 2.32. The lowest BCUT2D eigenvalue weighted by Crippen LogP contribution is -2.31. The van der Waals surface area contributed by atoms with Gasteiger partial charge in [0.15, 0.2) is 11.5 Å². The Hall–Kier alpha value is -1.81. The molecule has 23 heavy (non-hydrogen) atoms. The van der Waals surface area contributed by atoms with Crippen LogP contribution in [-0.4, -0.2) is 28.5 Å². The molecular formula is C15H14INO5S. The van der Waals surface area contributed by atoms with Crippen LogP contribution in [0.5, 0.6) is 11.5 Å². The van der Waals surface area contributed by atoms with E-state index >= 15 is 0 Å². The van der Waals surface area contributed by atoms with Gasteiger partial charge in [-0.2, -0.15) is 0 Å². The summed E-state index contributed by atoms with van der Waals surface area (Å²) in [6, 6.07) is 10.8.